The molecule has 0 saturated heterocycles. The van der Waals surface area contributed by atoms with Crippen LogP contribution in [-0.4, -0.2) is 22.3 Å². The SMILES string of the molecule is N#CCc1ccc(OCCS(=O)CC2CCCC2)cc1. The number of hydrogen-bond acceptors (Lipinski definition) is 3. The Bertz CT molecular complexity index is 472. The molecule has 1 aliphatic rings. The molecule has 0 heterocycles. The molecular weight excluding hydrogens is 270 g/mol. The first-order valence-corrected chi connectivity index (χ1v) is 8.70. The van der Waals surface area contributed by atoms with E-state index >= 15 is 0 Å². The van der Waals surface area contributed by atoms with Crippen molar-refractivity contribution in [1.82, 2.24) is 0 Å². The van der Waals surface area contributed by atoms with Crippen LogP contribution in [0.4, 0.5) is 0 Å². The molecule has 2 rings (SSSR count). The quantitative estimate of drug-likeness (QED) is 0.775. The molecule has 0 aliphatic heterocycles. The fraction of sp³-hybridized carbons (Fsp3) is 0.562. The zero-order chi connectivity index (χ0) is 14.2. The lowest BCUT2D eigenvalue weighted by Gasteiger charge is -2.09. The molecule has 1 saturated carbocycles. The predicted octanol–water partition coefficient (Wildman–Crippen LogP) is 3.07. The lowest BCUT2D eigenvalue weighted by Crippen LogP contribution is -2.15. The second-order valence-corrected chi connectivity index (χ2v) is 6.91. The molecule has 0 spiro atoms. The van der Waals surface area contributed by atoms with Crippen LogP contribution in [0.2, 0.25) is 0 Å². The molecule has 4 heteroatoms. The first kappa shape index (κ1) is 15.1. The van der Waals surface area contributed by atoms with Crippen molar-refractivity contribution in [2.75, 3.05) is 18.1 Å². The Balaban J connectivity index is 1.67. The molecule has 0 bridgehead atoms. The van der Waals surface area contributed by atoms with E-state index < -0.39 is 10.8 Å². The average molecular weight is 291 g/mol. The van der Waals surface area contributed by atoms with Gasteiger partial charge in [-0.25, -0.2) is 0 Å². The van der Waals surface area contributed by atoms with E-state index in [1.807, 2.05) is 24.3 Å². The standard InChI is InChI=1S/C16H21NO2S/c17-10-9-14-5-7-16(8-6-14)19-11-12-20(18)13-15-3-1-2-4-15/h5-8,15H,1-4,9,11-13H2. The molecule has 1 fully saturated rings. The zero-order valence-electron chi connectivity index (χ0n) is 11.7. The number of hydrogen-bond donors (Lipinski definition) is 0. The fourth-order valence-electron chi connectivity index (χ4n) is 2.57. The third-order valence-corrected chi connectivity index (χ3v) is 5.15. The summed E-state index contributed by atoms with van der Waals surface area (Å²) >= 11 is 0. The van der Waals surface area contributed by atoms with Gasteiger partial charge in [0.25, 0.3) is 0 Å². The molecule has 0 amide bonds. The first-order valence-electron chi connectivity index (χ1n) is 7.21. The molecule has 0 aromatic heterocycles. The van der Waals surface area contributed by atoms with Crippen LogP contribution in [0.1, 0.15) is 31.2 Å². The molecule has 1 aromatic rings. The number of rotatable bonds is 7. The van der Waals surface area contributed by atoms with Crippen LogP contribution in [0.15, 0.2) is 24.3 Å². The van der Waals surface area contributed by atoms with Gasteiger partial charge in [0.1, 0.15) is 5.75 Å². The summed E-state index contributed by atoms with van der Waals surface area (Å²) in [6.45, 7) is 0.497. The number of ether oxygens (including phenoxy) is 1. The van der Waals surface area contributed by atoms with Crippen molar-refractivity contribution in [3.8, 4) is 11.8 Å². The van der Waals surface area contributed by atoms with E-state index in [-0.39, 0.29) is 0 Å². The van der Waals surface area contributed by atoms with Crippen LogP contribution in [0.3, 0.4) is 0 Å². The summed E-state index contributed by atoms with van der Waals surface area (Å²) in [5.41, 5.74) is 0.990. The second-order valence-electron chi connectivity index (χ2n) is 5.29. The predicted molar refractivity (Wildman–Crippen MR) is 81.1 cm³/mol. The third kappa shape index (κ3) is 4.97. The van der Waals surface area contributed by atoms with Crippen LogP contribution >= 0.6 is 0 Å². The van der Waals surface area contributed by atoms with Gasteiger partial charge in [0, 0.05) is 16.6 Å². The van der Waals surface area contributed by atoms with Gasteiger partial charge >= 0.3 is 0 Å². The van der Waals surface area contributed by atoms with Crippen molar-refractivity contribution in [3.63, 3.8) is 0 Å². The maximum atomic E-state index is 11.9. The van der Waals surface area contributed by atoms with E-state index in [0.717, 1.165) is 17.1 Å². The summed E-state index contributed by atoms with van der Waals surface area (Å²) in [5.74, 6) is 2.90. The second kappa shape index (κ2) is 8.06. The highest BCUT2D eigenvalue weighted by Crippen LogP contribution is 2.25. The highest BCUT2D eigenvalue weighted by molar-refractivity contribution is 7.85. The lowest BCUT2D eigenvalue weighted by atomic mass is 10.1. The van der Waals surface area contributed by atoms with Crippen LogP contribution in [0.5, 0.6) is 5.75 Å². The monoisotopic (exact) mass is 291 g/mol. The molecule has 1 aliphatic carbocycles. The van der Waals surface area contributed by atoms with Gasteiger partial charge in [-0.3, -0.25) is 4.21 Å². The molecule has 20 heavy (non-hydrogen) atoms. The van der Waals surface area contributed by atoms with Gasteiger partial charge in [-0.2, -0.15) is 5.26 Å². The number of nitrogens with zero attached hydrogens (tertiary/aromatic N) is 1. The number of nitriles is 1. The van der Waals surface area contributed by atoms with E-state index in [9.17, 15) is 4.21 Å². The molecule has 1 aromatic carbocycles. The molecular formula is C16H21NO2S. The van der Waals surface area contributed by atoms with E-state index in [0.29, 0.717) is 24.7 Å². The highest BCUT2D eigenvalue weighted by atomic mass is 32.2. The van der Waals surface area contributed by atoms with E-state index in [1.54, 1.807) is 0 Å². The van der Waals surface area contributed by atoms with Crippen LogP contribution < -0.4 is 4.74 Å². The number of benzene rings is 1. The summed E-state index contributed by atoms with van der Waals surface area (Å²) in [4.78, 5) is 0. The zero-order valence-corrected chi connectivity index (χ0v) is 12.5. The molecule has 3 nitrogen and oxygen atoms in total. The Kier molecular flexibility index (Phi) is 6.07. The summed E-state index contributed by atoms with van der Waals surface area (Å²) in [7, 11) is -0.759. The van der Waals surface area contributed by atoms with Gasteiger partial charge in [0.05, 0.1) is 24.8 Å². The smallest absolute Gasteiger partial charge is 0.119 e. The molecule has 1 unspecified atom stereocenters. The van der Waals surface area contributed by atoms with Gasteiger partial charge in [0.2, 0.25) is 0 Å². The minimum Gasteiger partial charge on any atom is -0.493 e. The highest BCUT2D eigenvalue weighted by Gasteiger charge is 2.17. The minimum atomic E-state index is -0.759. The normalized spacial score (nSPS) is 16.8. The van der Waals surface area contributed by atoms with Gasteiger partial charge in [0.15, 0.2) is 0 Å². The molecule has 1 atom stereocenters. The van der Waals surface area contributed by atoms with Gasteiger partial charge in [-0.15, -0.1) is 0 Å². The largest absolute Gasteiger partial charge is 0.493 e. The summed E-state index contributed by atoms with van der Waals surface area (Å²) in [6, 6.07) is 9.64. The van der Waals surface area contributed by atoms with E-state index in [1.165, 1.54) is 25.7 Å². The fourth-order valence-corrected chi connectivity index (χ4v) is 3.87. The van der Waals surface area contributed by atoms with E-state index in [4.69, 9.17) is 10.00 Å². The lowest BCUT2D eigenvalue weighted by molar-refractivity contribution is 0.342. The van der Waals surface area contributed by atoms with Crippen LogP contribution in [0.25, 0.3) is 0 Å². The maximum Gasteiger partial charge on any atom is 0.119 e. The van der Waals surface area contributed by atoms with Crippen LogP contribution in [0, 0.1) is 17.2 Å². The Morgan fingerprint density at radius 2 is 1.95 bits per heavy atom. The summed E-state index contributed by atoms with van der Waals surface area (Å²) in [6.07, 6.45) is 5.51. The van der Waals surface area contributed by atoms with Gasteiger partial charge in [-0.1, -0.05) is 25.0 Å². The Morgan fingerprint density at radius 3 is 2.60 bits per heavy atom. The molecule has 108 valence electrons. The Morgan fingerprint density at radius 1 is 1.25 bits per heavy atom. The van der Waals surface area contributed by atoms with Crippen molar-refractivity contribution < 1.29 is 8.95 Å². The molecule has 0 N–H and O–H groups in total. The van der Waals surface area contributed by atoms with Crippen molar-refractivity contribution in [2.45, 2.75) is 32.1 Å². The summed E-state index contributed by atoms with van der Waals surface area (Å²) in [5, 5.41) is 8.59. The minimum absolute atomic E-state index is 0.422. The van der Waals surface area contributed by atoms with Gasteiger partial charge in [-0.05, 0) is 36.5 Å². The topological polar surface area (TPSA) is 50.1 Å². The van der Waals surface area contributed by atoms with Gasteiger partial charge < -0.3 is 4.74 Å². The van der Waals surface area contributed by atoms with Crippen molar-refractivity contribution in [1.29, 1.82) is 5.26 Å². The Hall–Kier alpha value is -1.34. The molecule has 0 radical (unpaired) electrons. The maximum absolute atomic E-state index is 11.9. The third-order valence-electron chi connectivity index (χ3n) is 3.68. The van der Waals surface area contributed by atoms with Crippen molar-refractivity contribution in [2.24, 2.45) is 5.92 Å². The van der Waals surface area contributed by atoms with Crippen molar-refractivity contribution >= 4 is 10.8 Å². The summed E-state index contributed by atoms with van der Waals surface area (Å²) < 4.78 is 17.5. The Labute approximate surface area is 123 Å². The first-order chi connectivity index (χ1) is 9.78. The average Bonchev–Trinajstić information content (AvgIpc) is 2.94. The van der Waals surface area contributed by atoms with E-state index in [2.05, 4.69) is 6.07 Å². The van der Waals surface area contributed by atoms with Crippen LogP contribution in [-0.2, 0) is 17.2 Å². The van der Waals surface area contributed by atoms with Crippen molar-refractivity contribution in [3.05, 3.63) is 29.8 Å².